The lowest BCUT2D eigenvalue weighted by atomic mass is 10.00. The van der Waals surface area contributed by atoms with Gasteiger partial charge in [0, 0.05) is 32.3 Å². The zero-order chi connectivity index (χ0) is 12.9. The molecule has 1 aliphatic rings. The maximum atomic E-state index is 11.9. The van der Waals surface area contributed by atoms with Gasteiger partial charge < -0.3 is 15.0 Å². The van der Waals surface area contributed by atoms with Crippen LogP contribution < -0.4 is 5.32 Å². The van der Waals surface area contributed by atoms with Crippen LogP contribution in [0.4, 0.5) is 0 Å². The summed E-state index contributed by atoms with van der Waals surface area (Å²) >= 11 is 0. The minimum absolute atomic E-state index is 0.00478. The van der Waals surface area contributed by atoms with Crippen molar-refractivity contribution in [3.8, 4) is 0 Å². The molecule has 0 aromatic rings. The molecule has 1 saturated heterocycles. The molecular formula is C13H26N2O2. The number of carbonyl (C=O) groups is 1. The summed E-state index contributed by atoms with van der Waals surface area (Å²) in [5.74, 6) is 0.777. The van der Waals surface area contributed by atoms with Crippen LogP contribution in [0, 0.1) is 5.92 Å². The molecule has 1 N–H and O–H groups in total. The first-order chi connectivity index (χ1) is 7.88. The summed E-state index contributed by atoms with van der Waals surface area (Å²) in [6.45, 7) is 9.16. The van der Waals surface area contributed by atoms with Crippen LogP contribution in [-0.2, 0) is 9.53 Å². The van der Waals surface area contributed by atoms with E-state index in [1.165, 1.54) is 0 Å². The van der Waals surface area contributed by atoms with Crippen molar-refractivity contribution in [3.63, 3.8) is 0 Å². The van der Waals surface area contributed by atoms with Crippen molar-refractivity contribution in [2.24, 2.45) is 5.92 Å². The highest BCUT2D eigenvalue weighted by Gasteiger charge is 2.19. The van der Waals surface area contributed by atoms with E-state index in [0.29, 0.717) is 12.5 Å². The number of carbonyl (C=O) groups excluding carboxylic acids is 1. The van der Waals surface area contributed by atoms with E-state index >= 15 is 0 Å². The average molecular weight is 242 g/mol. The molecule has 0 atom stereocenters. The number of hydrogen-bond acceptors (Lipinski definition) is 3. The molecule has 0 unspecified atom stereocenters. The number of amides is 1. The van der Waals surface area contributed by atoms with Crippen molar-refractivity contribution in [2.45, 2.75) is 39.2 Å². The summed E-state index contributed by atoms with van der Waals surface area (Å²) in [7, 11) is 1.89. The monoisotopic (exact) mass is 242 g/mol. The van der Waals surface area contributed by atoms with Gasteiger partial charge in [-0.1, -0.05) is 0 Å². The predicted octanol–water partition coefficient (Wildman–Crippen LogP) is 1.26. The molecule has 0 aromatic carbocycles. The van der Waals surface area contributed by atoms with Crippen LogP contribution in [0.1, 0.15) is 33.6 Å². The first kappa shape index (κ1) is 14.5. The smallest absolute Gasteiger partial charge is 0.236 e. The van der Waals surface area contributed by atoms with E-state index in [2.05, 4.69) is 26.1 Å². The molecule has 0 aromatic heterocycles. The molecular weight excluding hydrogens is 216 g/mol. The fraction of sp³-hybridized carbons (Fsp3) is 0.923. The van der Waals surface area contributed by atoms with Gasteiger partial charge in [0.05, 0.1) is 6.54 Å². The predicted molar refractivity (Wildman–Crippen MR) is 68.9 cm³/mol. The second-order valence-corrected chi connectivity index (χ2v) is 5.93. The lowest BCUT2D eigenvalue weighted by Crippen LogP contribution is -2.45. The largest absolute Gasteiger partial charge is 0.381 e. The molecule has 0 aliphatic carbocycles. The van der Waals surface area contributed by atoms with E-state index in [4.69, 9.17) is 4.74 Å². The maximum absolute atomic E-state index is 11.9. The van der Waals surface area contributed by atoms with Gasteiger partial charge in [-0.05, 0) is 39.5 Å². The first-order valence-corrected chi connectivity index (χ1v) is 6.45. The molecule has 1 rings (SSSR count). The number of hydrogen-bond donors (Lipinski definition) is 1. The lowest BCUT2D eigenvalue weighted by Gasteiger charge is -2.28. The third-order valence-corrected chi connectivity index (χ3v) is 3.07. The Morgan fingerprint density at radius 1 is 1.35 bits per heavy atom. The third kappa shape index (κ3) is 6.03. The summed E-state index contributed by atoms with van der Waals surface area (Å²) in [5, 5.41) is 3.22. The Morgan fingerprint density at radius 2 is 1.94 bits per heavy atom. The molecule has 100 valence electrons. The highest BCUT2D eigenvalue weighted by atomic mass is 16.5. The number of nitrogens with one attached hydrogen (secondary N) is 1. The summed E-state index contributed by atoms with van der Waals surface area (Å²) in [6, 6.07) is 0. The lowest BCUT2D eigenvalue weighted by molar-refractivity contribution is -0.130. The molecule has 4 nitrogen and oxygen atoms in total. The molecule has 17 heavy (non-hydrogen) atoms. The quantitative estimate of drug-likeness (QED) is 0.807. The Hall–Kier alpha value is -0.610. The Labute approximate surface area is 105 Å². The van der Waals surface area contributed by atoms with Crippen LogP contribution in [0.3, 0.4) is 0 Å². The summed E-state index contributed by atoms with van der Waals surface area (Å²) in [4.78, 5) is 13.7. The first-order valence-electron chi connectivity index (χ1n) is 6.45. The minimum atomic E-state index is -0.00478. The Balaban J connectivity index is 2.26. The Kier molecular flexibility index (Phi) is 5.40. The molecule has 1 heterocycles. The van der Waals surface area contributed by atoms with Crippen LogP contribution in [0.25, 0.3) is 0 Å². The van der Waals surface area contributed by atoms with Gasteiger partial charge >= 0.3 is 0 Å². The highest BCUT2D eigenvalue weighted by molar-refractivity contribution is 5.78. The molecule has 0 saturated carbocycles. The van der Waals surface area contributed by atoms with Crippen LogP contribution in [0.5, 0.6) is 0 Å². The standard InChI is InChI=1S/C13H26N2O2/c1-13(2,3)14-9-12(16)15(4)10-11-5-7-17-8-6-11/h11,14H,5-10H2,1-4H3. The second kappa shape index (κ2) is 6.36. The van der Waals surface area contributed by atoms with E-state index in [1.54, 1.807) is 0 Å². The van der Waals surface area contributed by atoms with Crippen LogP contribution in [0.2, 0.25) is 0 Å². The van der Waals surface area contributed by atoms with E-state index in [9.17, 15) is 4.79 Å². The number of nitrogens with zero attached hydrogens (tertiary/aromatic N) is 1. The van der Waals surface area contributed by atoms with Crippen LogP contribution in [-0.4, -0.2) is 49.7 Å². The average Bonchev–Trinajstić information content (AvgIpc) is 2.26. The minimum Gasteiger partial charge on any atom is -0.381 e. The van der Waals surface area contributed by atoms with Gasteiger partial charge in [-0.3, -0.25) is 4.79 Å². The SMILES string of the molecule is CN(CC1CCOCC1)C(=O)CNC(C)(C)C. The number of ether oxygens (including phenoxy) is 1. The van der Waals surface area contributed by atoms with Crippen molar-refractivity contribution in [3.05, 3.63) is 0 Å². The van der Waals surface area contributed by atoms with Gasteiger partial charge in [0.2, 0.25) is 5.91 Å². The van der Waals surface area contributed by atoms with Gasteiger partial charge in [0.15, 0.2) is 0 Å². The van der Waals surface area contributed by atoms with Crippen molar-refractivity contribution >= 4 is 5.91 Å². The van der Waals surface area contributed by atoms with E-state index in [1.807, 2.05) is 11.9 Å². The van der Waals surface area contributed by atoms with Gasteiger partial charge in [-0.15, -0.1) is 0 Å². The van der Waals surface area contributed by atoms with Crippen LogP contribution in [0.15, 0.2) is 0 Å². The normalized spacial score (nSPS) is 18.1. The third-order valence-electron chi connectivity index (χ3n) is 3.07. The van der Waals surface area contributed by atoms with E-state index in [-0.39, 0.29) is 11.4 Å². The highest BCUT2D eigenvalue weighted by Crippen LogP contribution is 2.15. The van der Waals surface area contributed by atoms with Gasteiger partial charge in [0.25, 0.3) is 0 Å². The second-order valence-electron chi connectivity index (χ2n) is 5.93. The summed E-state index contributed by atoms with van der Waals surface area (Å²) in [6.07, 6.45) is 2.15. The van der Waals surface area contributed by atoms with Crippen molar-refractivity contribution in [1.29, 1.82) is 0 Å². The molecule has 0 spiro atoms. The summed E-state index contributed by atoms with van der Waals surface area (Å²) in [5.41, 5.74) is -0.00478. The van der Waals surface area contributed by atoms with Gasteiger partial charge in [-0.2, -0.15) is 0 Å². The van der Waals surface area contributed by atoms with Crippen molar-refractivity contribution < 1.29 is 9.53 Å². The van der Waals surface area contributed by atoms with E-state index < -0.39 is 0 Å². The molecule has 4 heteroatoms. The maximum Gasteiger partial charge on any atom is 0.236 e. The van der Waals surface area contributed by atoms with Crippen LogP contribution >= 0.6 is 0 Å². The molecule has 0 radical (unpaired) electrons. The summed E-state index contributed by atoms with van der Waals surface area (Å²) < 4.78 is 5.32. The van der Waals surface area contributed by atoms with Gasteiger partial charge in [0.1, 0.15) is 0 Å². The topological polar surface area (TPSA) is 41.6 Å². The molecule has 1 fully saturated rings. The van der Waals surface area contributed by atoms with Crippen molar-refractivity contribution in [2.75, 3.05) is 33.4 Å². The molecule has 0 bridgehead atoms. The zero-order valence-corrected chi connectivity index (χ0v) is 11.6. The Morgan fingerprint density at radius 3 is 2.47 bits per heavy atom. The zero-order valence-electron chi connectivity index (χ0n) is 11.6. The molecule has 1 aliphatic heterocycles. The number of likely N-dealkylation sites (N-methyl/N-ethyl adjacent to an activating group) is 1. The fourth-order valence-corrected chi connectivity index (χ4v) is 1.89. The van der Waals surface area contributed by atoms with Crippen molar-refractivity contribution in [1.82, 2.24) is 10.2 Å². The fourth-order valence-electron chi connectivity index (χ4n) is 1.89. The Bertz CT molecular complexity index is 242. The molecule has 1 amide bonds. The van der Waals surface area contributed by atoms with Gasteiger partial charge in [-0.25, -0.2) is 0 Å². The van der Waals surface area contributed by atoms with E-state index in [0.717, 1.165) is 32.6 Å². The number of rotatable bonds is 4.